The number of amides is 2. The quantitative estimate of drug-likeness (QED) is 0.682. The molecule has 0 bridgehead atoms. The minimum absolute atomic E-state index is 0.216. The Labute approximate surface area is 160 Å². The highest BCUT2D eigenvalue weighted by atomic mass is 16.2. The molecule has 1 aromatic carbocycles. The molecule has 7 nitrogen and oxygen atoms in total. The maximum atomic E-state index is 12.1. The van der Waals surface area contributed by atoms with Crippen LogP contribution in [0.15, 0.2) is 24.3 Å². The van der Waals surface area contributed by atoms with Gasteiger partial charge in [0.2, 0.25) is 5.95 Å². The van der Waals surface area contributed by atoms with Crippen LogP contribution in [0.2, 0.25) is 0 Å². The molecule has 1 aliphatic heterocycles. The number of anilines is 3. The number of urea groups is 1. The SMILES string of the molecule is Cc1ccc(NC(=O)NCCNc2nc(C)cc(N3CCCC3)n2)c(C)c1. The monoisotopic (exact) mass is 368 g/mol. The van der Waals surface area contributed by atoms with Gasteiger partial charge < -0.3 is 20.9 Å². The smallest absolute Gasteiger partial charge is 0.319 e. The lowest BCUT2D eigenvalue weighted by atomic mass is 10.1. The van der Waals surface area contributed by atoms with E-state index in [1.54, 1.807) is 0 Å². The second-order valence-electron chi connectivity index (χ2n) is 7.01. The molecular weight excluding hydrogens is 340 g/mol. The summed E-state index contributed by atoms with van der Waals surface area (Å²) >= 11 is 0. The summed E-state index contributed by atoms with van der Waals surface area (Å²) in [5, 5.41) is 8.92. The Balaban J connectivity index is 1.46. The Morgan fingerprint density at radius 2 is 1.85 bits per heavy atom. The molecule has 1 saturated heterocycles. The van der Waals surface area contributed by atoms with Gasteiger partial charge in [0, 0.05) is 43.6 Å². The molecule has 144 valence electrons. The van der Waals surface area contributed by atoms with Gasteiger partial charge in [0.15, 0.2) is 0 Å². The Morgan fingerprint density at radius 1 is 1.07 bits per heavy atom. The van der Waals surface area contributed by atoms with Crippen molar-refractivity contribution in [1.82, 2.24) is 15.3 Å². The van der Waals surface area contributed by atoms with Crippen LogP contribution in [0.4, 0.5) is 22.2 Å². The van der Waals surface area contributed by atoms with Crippen molar-refractivity contribution in [3.05, 3.63) is 41.1 Å². The summed E-state index contributed by atoms with van der Waals surface area (Å²) in [6, 6.07) is 7.75. The van der Waals surface area contributed by atoms with E-state index >= 15 is 0 Å². The van der Waals surface area contributed by atoms with Crippen LogP contribution in [0.3, 0.4) is 0 Å². The second-order valence-corrected chi connectivity index (χ2v) is 7.01. The van der Waals surface area contributed by atoms with E-state index in [1.807, 2.05) is 45.0 Å². The van der Waals surface area contributed by atoms with E-state index in [0.717, 1.165) is 35.9 Å². The molecule has 0 unspecified atom stereocenters. The minimum Gasteiger partial charge on any atom is -0.356 e. The molecule has 27 heavy (non-hydrogen) atoms. The molecule has 0 atom stereocenters. The number of aryl methyl sites for hydroxylation is 3. The van der Waals surface area contributed by atoms with E-state index in [2.05, 4.69) is 30.8 Å². The van der Waals surface area contributed by atoms with Crippen molar-refractivity contribution in [2.75, 3.05) is 41.7 Å². The van der Waals surface area contributed by atoms with E-state index in [9.17, 15) is 4.79 Å². The van der Waals surface area contributed by atoms with Crippen LogP contribution in [0.1, 0.15) is 29.7 Å². The van der Waals surface area contributed by atoms with Crippen LogP contribution in [0.5, 0.6) is 0 Å². The number of rotatable bonds is 6. The molecule has 2 amide bonds. The maximum Gasteiger partial charge on any atom is 0.319 e. The van der Waals surface area contributed by atoms with Crippen LogP contribution < -0.4 is 20.9 Å². The normalized spacial score (nSPS) is 13.5. The first-order valence-corrected chi connectivity index (χ1v) is 9.48. The molecule has 1 aromatic heterocycles. The fraction of sp³-hybridized carbons (Fsp3) is 0.450. The minimum atomic E-state index is -0.216. The van der Waals surface area contributed by atoms with Crippen molar-refractivity contribution in [2.24, 2.45) is 0 Å². The highest BCUT2D eigenvalue weighted by molar-refractivity contribution is 5.90. The molecule has 1 aliphatic rings. The number of nitrogens with one attached hydrogen (secondary N) is 3. The predicted molar refractivity (Wildman–Crippen MR) is 110 cm³/mol. The predicted octanol–water partition coefficient (Wildman–Crippen LogP) is 3.24. The van der Waals surface area contributed by atoms with Crippen molar-refractivity contribution in [1.29, 1.82) is 0 Å². The highest BCUT2D eigenvalue weighted by Crippen LogP contribution is 2.19. The third-order valence-electron chi connectivity index (χ3n) is 4.59. The number of aromatic nitrogens is 2. The van der Waals surface area contributed by atoms with E-state index in [0.29, 0.717) is 19.0 Å². The Hall–Kier alpha value is -2.83. The van der Waals surface area contributed by atoms with Crippen molar-refractivity contribution in [2.45, 2.75) is 33.6 Å². The molecule has 1 fully saturated rings. The summed E-state index contributed by atoms with van der Waals surface area (Å²) in [7, 11) is 0. The molecule has 0 aliphatic carbocycles. The molecule has 0 radical (unpaired) electrons. The summed E-state index contributed by atoms with van der Waals surface area (Å²) in [5.41, 5.74) is 3.98. The lowest BCUT2D eigenvalue weighted by molar-refractivity contribution is 0.252. The fourth-order valence-corrected chi connectivity index (χ4v) is 3.21. The van der Waals surface area contributed by atoms with Crippen molar-refractivity contribution >= 4 is 23.5 Å². The number of hydrogen-bond donors (Lipinski definition) is 3. The average Bonchev–Trinajstić information content (AvgIpc) is 3.15. The number of carbonyl (C=O) groups excluding carboxylic acids is 1. The Kier molecular flexibility index (Phi) is 6.11. The molecule has 0 saturated carbocycles. The zero-order chi connectivity index (χ0) is 19.2. The van der Waals surface area contributed by atoms with Gasteiger partial charge in [0.1, 0.15) is 5.82 Å². The highest BCUT2D eigenvalue weighted by Gasteiger charge is 2.15. The largest absolute Gasteiger partial charge is 0.356 e. The van der Waals surface area contributed by atoms with E-state index in [1.165, 1.54) is 18.4 Å². The Bertz CT molecular complexity index is 801. The van der Waals surface area contributed by atoms with Crippen LogP contribution in [0, 0.1) is 20.8 Å². The first kappa shape index (κ1) is 18.9. The molecular formula is C20H28N6O. The van der Waals surface area contributed by atoms with Gasteiger partial charge in [-0.25, -0.2) is 9.78 Å². The number of hydrogen-bond acceptors (Lipinski definition) is 5. The van der Waals surface area contributed by atoms with Gasteiger partial charge in [0.25, 0.3) is 0 Å². The first-order chi connectivity index (χ1) is 13.0. The molecule has 2 heterocycles. The standard InChI is InChI=1S/C20H28N6O/c1-14-6-7-17(15(2)12-14)24-20(27)22-9-8-21-19-23-16(3)13-18(25-19)26-10-4-5-11-26/h6-7,12-13H,4-5,8-11H2,1-3H3,(H,21,23,25)(H2,22,24,27). The van der Waals surface area contributed by atoms with E-state index in [4.69, 9.17) is 0 Å². The summed E-state index contributed by atoms with van der Waals surface area (Å²) < 4.78 is 0. The summed E-state index contributed by atoms with van der Waals surface area (Å²) in [6.45, 7) is 9.13. The second kappa shape index (κ2) is 8.70. The zero-order valence-corrected chi connectivity index (χ0v) is 16.3. The maximum absolute atomic E-state index is 12.1. The van der Waals surface area contributed by atoms with Crippen molar-refractivity contribution < 1.29 is 4.79 Å². The summed E-state index contributed by atoms with van der Waals surface area (Å²) in [4.78, 5) is 23.4. The number of benzene rings is 1. The van der Waals surface area contributed by atoms with E-state index < -0.39 is 0 Å². The topological polar surface area (TPSA) is 82.2 Å². The number of carbonyl (C=O) groups is 1. The third-order valence-corrected chi connectivity index (χ3v) is 4.59. The summed E-state index contributed by atoms with van der Waals surface area (Å²) in [6.07, 6.45) is 2.43. The molecule has 2 aromatic rings. The van der Waals surface area contributed by atoms with Gasteiger partial charge in [-0.3, -0.25) is 0 Å². The zero-order valence-electron chi connectivity index (χ0n) is 16.3. The van der Waals surface area contributed by atoms with E-state index in [-0.39, 0.29) is 6.03 Å². The average molecular weight is 368 g/mol. The van der Waals surface area contributed by atoms with Gasteiger partial charge in [-0.15, -0.1) is 0 Å². The fourth-order valence-electron chi connectivity index (χ4n) is 3.21. The van der Waals surface area contributed by atoms with Gasteiger partial charge >= 0.3 is 6.03 Å². The van der Waals surface area contributed by atoms with Gasteiger partial charge in [-0.1, -0.05) is 17.7 Å². The summed E-state index contributed by atoms with van der Waals surface area (Å²) in [5.74, 6) is 1.58. The van der Waals surface area contributed by atoms with Crippen molar-refractivity contribution in [3.8, 4) is 0 Å². The van der Waals surface area contributed by atoms with Crippen LogP contribution in [-0.4, -0.2) is 42.2 Å². The molecule has 0 spiro atoms. The Morgan fingerprint density at radius 3 is 2.59 bits per heavy atom. The van der Waals surface area contributed by atoms with Crippen LogP contribution in [-0.2, 0) is 0 Å². The van der Waals surface area contributed by atoms with Gasteiger partial charge in [0.05, 0.1) is 0 Å². The van der Waals surface area contributed by atoms with Crippen LogP contribution in [0.25, 0.3) is 0 Å². The van der Waals surface area contributed by atoms with Crippen molar-refractivity contribution in [3.63, 3.8) is 0 Å². The lowest BCUT2D eigenvalue weighted by Gasteiger charge is -2.17. The molecule has 7 heteroatoms. The first-order valence-electron chi connectivity index (χ1n) is 9.48. The van der Waals surface area contributed by atoms with Gasteiger partial charge in [-0.2, -0.15) is 4.98 Å². The van der Waals surface area contributed by atoms with Gasteiger partial charge in [-0.05, 0) is 45.2 Å². The third kappa shape index (κ3) is 5.32. The van der Waals surface area contributed by atoms with Crippen LogP contribution >= 0.6 is 0 Å². The molecule has 3 rings (SSSR count). The lowest BCUT2D eigenvalue weighted by Crippen LogP contribution is -2.33. The molecule has 3 N–H and O–H groups in total. The number of nitrogens with zero attached hydrogens (tertiary/aromatic N) is 3.